The molecule has 0 amide bonds. The van der Waals surface area contributed by atoms with Gasteiger partial charge in [-0.15, -0.1) is 5.06 Å². The first-order valence-corrected chi connectivity index (χ1v) is 8.30. The summed E-state index contributed by atoms with van der Waals surface area (Å²) in [7, 11) is 0. The SMILES string of the molecule is C[C@H](N)c1ccc(CN2CCN(OC(=O)C(C)(C)C)CC2)cc1. The zero-order valence-electron chi connectivity index (χ0n) is 14.7. The van der Waals surface area contributed by atoms with Crippen LogP contribution in [0.25, 0.3) is 0 Å². The average Bonchev–Trinajstić information content (AvgIpc) is 2.49. The lowest BCUT2D eigenvalue weighted by atomic mass is 9.98. The van der Waals surface area contributed by atoms with E-state index in [-0.39, 0.29) is 12.0 Å². The van der Waals surface area contributed by atoms with Crippen LogP contribution in [0.4, 0.5) is 0 Å². The van der Waals surface area contributed by atoms with Crippen molar-refractivity contribution in [3.8, 4) is 0 Å². The van der Waals surface area contributed by atoms with E-state index in [2.05, 4.69) is 29.2 Å². The topological polar surface area (TPSA) is 58.8 Å². The fraction of sp³-hybridized carbons (Fsp3) is 0.611. The van der Waals surface area contributed by atoms with E-state index < -0.39 is 5.41 Å². The quantitative estimate of drug-likeness (QED) is 0.923. The number of hydroxylamine groups is 2. The van der Waals surface area contributed by atoms with Crippen LogP contribution in [0.2, 0.25) is 0 Å². The minimum Gasteiger partial charge on any atom is -0.367 e. The predicted molar refractivity (Wildman–Crippen MR) is 91.4 cm³/mol. The minimum absolute atomic E-state index is 0.0742. The fourth-order valence-electron chi connectivity index (χ4n) is 2.42. The molecule has 23 heavy (non-hydrogen) atoms. The molecule has 0 aliphatic carbocycles. The van der Waals surface area contributed by atoms with E-state index in [1.807, 2.05) is 27.7 Å². The molecule has 1 heterocycles. The molecule has 1 atom stereocenters. The lowest BCUT2D eigenvalue weighted by Crippen LogP contribution is -2.47. The van der Waals surface area contributed by atoms with E-state index in [0.29, 0.717) is 0 Å². The fourth-order valence-corrected chi connectivity index (χ4v) is 2.42. The molecule has 1 aromatic rings. The summed E-state index contributed by atoms with van der Waals surface area (Å²) in [5.74, 6) is -0.169. The zero-order valence-corrected chi connectivity index (χ0v) is 14.7. The number of carbonyl (C=O) groups excluding carboxylic acids is 1. The van der Waals surface area contributed by atoms with Crippen molar-refractivity contribution in [1.82, 2.24) is 9.96 Å². The molecule has 1 aliphatic heterocycles. The van der Waals surface area contributed by atoms with E-state index in [1.165, 1.54) is 5.56 Å². The van der Waals surface area contributed by atoms with Gasteiger partial charge < -0.3 is 10.6 Å². The van der Waals surface area contributed by atoms with Crippen LogP contribution >= 0.6 is 0 Å². The molecule has 1 aliphatic rings. The Morgan fingerprint density at radius 3 is 2.22 bits per heavy atom. The summed E-state index contributed by atoms with van der Waals surface area (Å²) in [6.45, 7) is 11.8. The van der Waals surface area contributed by atoms with Gasteiger partial charge >= 0.3 is 5.97 Å². The first-order chi connectivity index (χ1) is 10.8. The van der Waals surface area contributed by atoms with Gasteiger partial charge in [0.05, 0.1) is 5.41 Å². The Balaban J connectivity index is 1.79. The van der Waals surface area contributed by atoms with E-state index in [1.54, 1.807) is 5.06 Å². The third-order valence-electron chi connectivity index (χ3n) is 4.07. The third kappa shape index (κ3) is 5.30. The van der Waals surface area contributed by atoms with Gasteiger partial charge in [0.2, 0.25) is 0 Å². The maximum absolute atomic E-state index is 11.9. The highest BCUT2D eigenvalue weighted by Crippen LogP contribution is 2.18. The van der Waals surface area contributed by atoms with Crippen LogP contribution in [0.15, 0.2) is 24.3 Å². The molecule has 2 N–H and O–H groups in total. The van der Waals surface area contributed by atoms with Gasteiger partial charge in [0.15, 0.2) is 0 Å². The van der Waals surface area contributed by atoms with E-state index in [4.69, 9.17) is 10.6 Å². The van der Waals surface area contributed by atoms with Crippen LogP contribution in [0, 0.1) is 5.41 Å². The Kier molecular flexibility index (Phi) is 5.79. The number of hydrogen-bond acceptors (Lipinski definition) is 5. The zero-order chi connectivity index (χ0) is 17.0. The first kappa shape index (κ1) is 17.9. The van der Waals surface area contributed by atoms with Crippen molar-refractivity contribution in [2.75, 3.05) is 26.2 Å². The van der Waals surface area contributed by atoms with Gasteiger partial charge in [0, 0.05) is 38.8 Å². The molecule has 0 radical (unpaired) electrons. The molecule has 128 valence electrons. The van der Waals surface area contributed by atoms with Gasteiger partial charge in [0.1, 0.15) is 0 Å². The molecule has 0 spiro atoms. The number of hydrogen-bond donors (Lipinski definition) is 1. The number of rotatable bonds is 4. The molecule has 0 aromatic heterocycles. The molecular formula is C18H29N3O2. The summed E-state index contributed by atoms with van der Waals surface area (Å²) in [6.07, 6.45) is 0. The maximum Gasteiger partial charge on any atom is 0.330 e. The van der Waals surface area contributed by atoms with Crippen LogP contribution in [0.3, 0.4) is 0 Å². The van der Waals surface area contributed by atoms with Gasteiger partial charge in [-0.1, -0.05) is 24.3 Å². The standard InChI is InChI=1S/C18H29N3O2/c1-14(19)16-7-5-15(6-8-16)13-20-9-11-21(12-10-20)23-17(22)18(2,3)4/h5-8,14H,9-13,19H2,1-4H3/t14-/m0/s1. The summed E-state index contributed by atoms with van der Waals surface area (Å²) in [6, 6.07) is 8.56. The van der Waals surface area contributed by atoms with Gasteiger partial charge in [-0.25, -0.2) is 4.79 Å². The Labute approximate surface area is 139 Å². The van der Waals surface area contributed by atoms with E-state index in [9.17, 15) is 4.79 Å². The van der Waals surface area contributed by atoms with Crippen LogP contribution in [-0.2, 0) is 16.2 Å². The second kappa shape index (κ2) is 7.43. The van der Waals surface area contributed by atoms with Crippen molar-refractivity contribution in [3.63, 3.8) is 0 Å². The number of nitrogens with zero attached hydrogens (tertiary/aromatic N) is 2. The lowest BCUT2D eigenvalue weighted by molar-refractivity contribution is -0.207. The van der Waals surface area contributed by atoms with Crippen LogP contribution < -0.4 is 5.73 Å². The Hall–Kier alpha value is -1.43. The Morgan fingerprint density at radius 2 is 1.74 bits per heavy atom. The second-order valence-electron chi connectivity index (χ2n) is 7.36. The van der Waals surface area contributed by atoms with Crippen LogP contribution in [-0.4, -0.2) is 42.1 Å². The van der Waals surface area contributed by atoms with Crippen LogP contribution in [0.5, 0.6) is 0 Å². The largest absolute Gasteiger partial charge is 0.367 e. The lowest BCUT2D eigenvalue weighted by Gasteiger charge is -2.34. The van der Waals surface area contributed by atoms with Gasteiger partial charge in [-0.2, -0.15) is 0 Å². The van der Waals surface area contributed by atoms with Gasteiger partial charge in [-0.05, 0) is 38.8 Å². The highest BCUT2D eigenvalue weighted by molar-refractivity contribution is 5.75. The smallest absolute Gasteiger partial charge is 0.330 e. The van der Waals surface area contributed by atoms with Crippen molar-refractivity contribution in [3.05, 3.63) is 35.4 Å². The van der Waals surface area contributed by atoms with E-state index >= 15 is 0 Å². The molecule has 0 unspecified atom stereocenters. The Morgan fingerprint density at radius 1 is 1.17 bits per heavy atom. The van der Waals surface area contributed by atoms with Crippen LogP contribution in [0.1, 0.15) is 44.9 Å². The highest BCUT2D eigenvalue weighted by atomic mass is 16.7. The monoisotopic (exact) mass is 319 g/mol. The van der Waals surface area contributed by atoms with Crippen molar-refractivity contribution in [2.45, 2.75) is 40.3 Å². The van der Waals surface area contributed by atoms with Crippen molar-refractivity contribution < 1.29 is 9.63 Å². The number of carbonyl (C=O) groups is 1. The molecule has 0 bridgehead atoms. The third-order valence-corrected chi connectivity index (χ3v) is 4.07. The molecular weight excluding hydrogens is 290 g/mol. The number of benzene rings is 1. The van der Waals surface area contributed by atoms with Crippen molar-refractivity contribution >= 4 is 5.97 Å². The minimum atomic E-state index is -0.459. The summed E-state index contributed by atoms with van der Waals surface area (Å²) in [5, 5.41) is 1.78. The highest BCUT2D eigenvalue weighted by Gasteiger charge is 2.27. The van der Waals surface area contributed by atoms with Crippen molar-refractivity contribution in [2.24, 2.45) is 11.1 Å². The van der Waals surface area contributed by atoms with Gasteiger partial charge in [0.25, 0.3) is 0 Å². The molecule has 1 aromatic carbocycles. The molecule has 0 saturated carbocycles. The summed E-state index contributed by atoms with van der Waals surface area (Å²) in [5.41, 5.74) is 7.86. The number of nitrogens with two attached hydrogens (primary N) is 1. The summed E-state index contributed by atoms with van der Waals surface area (Å²) >= 11 is 0. The molecule has 5 heteroatoms. The molecule has 2 rings (SSSR count). The Bertz CT molecular complexity index is 512. The number of piperazine rings is 1. The molecule has 1 saturated heterocycles. The molecule has 1 fully saturated rings. The summed E-state index contributed by atoms with van der Waals surface area (Å²) < 4.78 is 0. The normalized spacial score (nSPS) is 18.7. The van der Waals surface area contributed by atoms with E-state index in [0.717, 1.165) is 38.3 Å². The second-order valence-corrected chi connectivity index (χ2v) is 7.36. The predicted octanol–water partition coefficient (Wildman–Crippen LogP) is 2.33. The first-order valence-electron chi connectivity index (χ1n) is 8.30. The van der Waals surface area contributed by atoms with Crippen molar-refractivity contribution in [1.29, 1.82) is 0 Å². The maximum atomic E-state index is 11.9. The summed E-state index contributed by atoms with van der Waals surface area (Å²) in [4.78, 5) is 19.7. The average molecular weight is 319 g/mol. The molecule has 5 nitrogen and oxygen atoms in total. The van der Waals surface area contributed by atoms with Gasteiger partial charge in [-0.3, -0.25) is 4.90 Å².